The van der Waals surface area contributed by atoms with Gasteiger partial charge in [0.1, 0.15) is 23.8 Å². The van der Waals surface area contributed by atoms with Crippen LogP contribution in [0.15, 0.2) is 0 Å². The van der Waals surface area contributed by atoms with Crippen LogP contribution in [0.4, 0.5) is 0 Å². The Bertz CT molecular complexity index is 629. The normalized spacial score (nSPS) is 11.0. The van der Waals surface area contributed by atoms with E-state index in [1.54, 1.807) is 70.6 Å². The second-order valence-corrected chi connectivity index (χ2v) is 19.2. The molecule has 41 heavy (non-hydrogen) atoms. The highest BCUT2D eigenvalue weighted by molar-refractivity contribution is 8.23. The van der Waals surface area contributed by atoms with Crippen LogP contribution in [0.2, 0.25) is 0 Å². The van der Waals surface area contributed by atoms with Gasteiger partial charge in [-0.1, -0.05) is 23.5 Å². The summed E-state index contributed by atoms with van der Waals surface area (Å²) < 4.78 is 15.0. The second-order valence-electron chi connectivity index (χ2n) is 6.31. The standard InChI is InChI=1S/C20H36O10S11/c21-6-35-8-26-18(23)3-32-13-39-12-31-2-1-29-30-11-38-17-41-16-37-10-28-20(25)5-34-15-40-14-33-4-19(24)27-9-36-7-22/h21-22H,1-17H2. The number of hydrogen-bond donors (Lipinski definition) is 2. The summed E-state index contributed by atoms with van der Waals surface area (Å²) in [7, 11) is 0. The molecule has 0 heterocycles. The van der Waals surface area contributed by atoms with Gasteiger partial charge in [0.25, 0.3) is 0 Å². The summed E-state index contributed by atoms with van der Waals surface area (Å²) in [6, 6.07) is 0. The first-order valence-corrected chi connectivity index (χ1v) is 24.1. The highest BCUT2D eigenvalue weighted by Crippen LogP contribution is 2.21. The predicted molar refractivity (Wildman–Crippen MR) is 191 cm³/mol. The summed E-state index contributed by atoms with van der Waals surface area (Å²) in [4.78, 5) is 44.8. The number of carbonyl (C=O) groups is 3. The molecule has 0 aromatic rings. The van der Waals surface area contributed by atoms with E-state index in [1.165, 1.54) is 35.3 Å². The molecule has 2 N–H and O–H groups in total. The molecule has 0 fully saturated rings. The first kappa shape index (κ1) is 43.1. The Kier molecular flexibility index (Phi) is 38.4. The van der Waals surface area contributed by atoms with E-state index in [1.807, 2.05) is 0 Å². The van der Waals surface area contributed by atoms with Gasteiger partial charge in [-0.15, -0.1) is 106 Å². The van der Waals surface area contributed by atoms with E-state index < -0.39 is 0 Å². The molecule has 0 aromatic heterocycles. The number of carbonyl (C=O) groups excluding carboxylic acids is 3. The Morgan fingerprint density at radius 1 is 0.439 bits per heavy atom. The molecule has 0 atom stereocenters. The molecular formula is C20H36O10S11. The van der Waals surface area contributed by atoms with Crippen LogP contribution >= 0.6 is 129 Å². The molecule has 0 aromatic carbocycles. The van der Waals surface area contributed by atoms with Crippen LogP contribution in [0.1, 0.15) is 0 Å². The second kappa shape index (κ2) is 36.6. The van der Waals surface area contributed by atoms with Crippen LogP contribution in [0, 0.1) is 0 Å². The number of ether oxygens (including phenoxy) is 3. The minimum atomic E-state index is -0.293. The quantitative estimate of drug-likeness (QED) is 0.0233. The first-order chi connectivity index (χ1) is 20.1. The van der Waals surface area contributed by atoms with Crippen molar-refractivity contribution in [3.05, 3.63) is 0 Å². The van der Waals surface area contributed by atoms with Crippen molar-refractivity contribution in [3.8, 4) is 0 Å². The van der Waals surface area contributed by atoms with Crippen molar-refractivity contribution >= 4 is 147 Å². The molecule has 0 aliphatic rings. The monoisotopic (exact) mass is 788 g/mol. The van der Waals surface area contributed by atoms with Gasteiger partial charge < -0.3 is 24.4 Å². The van der Waals surface area contributed by atoms with Gasteiger partial charge in [0.2, 0.25) is 0 Å². The van der Waals surface area contributed by atoms with Crippen molar-refractivity contribution in [1.29, 1.82) is 0 Å². The maximum Gasteiger partial charge on any atom is 0.316 e. The number of aliphatic hydroxyl groups excluding tert-OH is 2. The zero-order chi connectivity index (χ0) is 30.1. The Morgan fingerprint density at radius 2 is 0.829 bits per heavy atom. The summed E-state index contributed by atoms with van der Waals surface area (Å²) in [5, 5.41) is 22.1. The number of rotatable bonds is 32. The van der Waals surface area contributed by atoms with Crippen molar-refractivity contribution in [2.75, 3.05) is 95.8 Å². The number of aliphatic hydroxyl groups is 2. The molecule has 0 unspecified atom stereocenters. The third-order valence-corrected chi connectivity index (χ3v) is 14.5. The molecule has 0 rings (SSSR count). The summed E-state index contributed by atoms with van der Waals surface area (Å²) >= 11 is 16.8. The number of esters is 3. The minimum Gasteiger partial charge on any atom is -0.454 e. The molecule has 21 heteroatoms. The van der Waals surface area contributed by atoms with E-state index in [-0.39, 0.29) is 47.4 Å². The molecule has 242 valence electrons. The average Bonchev–Trinajstić information content (AvgIpc) is 2.96. The fourth-order valence-electron chi connectivity index (χ4n) is 1.70. The van der Waals surface area contributed by atoms with Gasteiger partial charge in [-0.25, -0.2) is 9.78 Å². The molecule has 0 aliphatic heterocycles. The fourth-order valence-corrected chi connectivity index (χ4v) is 11.1. The Morgan fingerprint density at radius 3 is 1.29 bits per heavy atom. The van der Waals surface area contributed by atoms with E-state index in [2.05, 4.69) is 0 Å². The topological polar surface area (TPSA) is 138 Å². The van der Waals surface area contributed by atoms with Gasteiger partial charge in [-0.2, -0.15) is 0 Å². The van der Waals surface area contributed by atoms with Gasteiger partial charge in [-0.05, 0) is 0 Å². The third kappa shape index (κ3) is 36.4. The highest BCUT2D eigenvalue weighted by atomic mass is 32.2. The van der Waals surface area contributed by atoms with Crippen LogP contribution in [0.5, 0.6) is 0 Å². The van der Waals surface area contributed by atoms with E-state index >= 15 is 0 Å². The van der Waals surface area contributed by atoms with E-state index in [0.717, 1.165) is 59.8 Å². The lowest BCUT2D eigenvalue weighted by atomic mass is 10.8. The van der Waals surface area contributed by atoms with Crippen molar-refractivity contribution in [2.24, 2.45) is 0 Å². The maximum absolute atomic E-state index is 11.7. The minimum absolute atomic E-state index is 0.0531. The van der Waals surface area contributed by atoms with E-state index in [0.29, 0.717) is 30.0 Å². The van der Waals surface area contributed by atoms with Crippen LogP contribution in [-0.2, 0) is 38.4 Å². The van der Waals surface area contributed by atoms with Gasteiger partial charge >= 0.3 is 17.9 Å². The molecule has 0 aliphatic carbocycles. The van der Waals surface area contributed by atoms with Crippen molar-refractivity contribution in [2.45, 2.75) is 0 Å². The van der Waals surface area contributed by atoms with Gasteiger partial charge in [0, 0.05) is 36.3 Å². The Labute approximate surface area is 289 Å². The maximum atomic E-state index is 11.7. The third-order valence-electron chi connectivity index (χ3n) is 3.28. The lowest BCUT2D eigenvalue weighted by molar-refractivity contribution is -0.274. The number of hydrogen-bond acceptors (Lipinski definition) is 21. The molecule has 0 saturated carbocycles. The highest BCUT2D eigenvalue weighted by Gasteiger charge is 2.06. The molecule has 0 saturated heterocycles. The van der Waals surface area contributed by atoms with E-state index in [4.69, 9.17) is 34.2 Å². The first-order valence-electron chi connectivity index (χ1n) is 11.4. The Balaban J connectivity index is 3.22. The summed E-state index contributed by atoms with van der Waals surface area (Å²) in [6.07, 6.45) is 0. The zero-order valence-corrected chi connectivity index (χ0v) is 31.2. The fraction of sp³-hybridized carbons (Fsp3) is 0.850. The summed E-state index contributed by atoms with van der Waals surface area (Å²) in [6.45, 7) is 0.515. The lowest BCUT2D eigenvalue weighted by Gasteiger charge is -2.06. The van der Waals surface area contributed by atoms with E-state index in [9.17, 15) is 14.4 Å². The molecule has 10 nitrogen and oxygen atoms in total. The molecule has 0 bridgehead atoms. The van der Waals surface area contributed by atoms with Gasteiger partial charge in [-0.3, -0.25) is 14.4 Å². The summed E-state index contributed by atoms with van der Waals surface area (Å²) in [5.41, 5.74) is 0. The van der Waals surface area contributed by atoms with Crippen LogP contribution < -0.4 is 0 Å². The van der Waals surface area contributed by atoms with Gasteiger partial charge in [0.05, 0.1) is 35.7 Å². The average molecular weight is 789 g/mol. The number of thioether (sulfide) groups is 11. The Hall–Kier alpha value is 2.10. The SMILES string of the molecule is O=C(CSCSCSCCOOCSCSCSCOC(=O)CSCSCSCC(=O)OCSCO)OCSCO. The molecular weight excluding hydrogens is 753 g/mol. The van der Waals surface area contributed by atoms with Crippen LogP contribution in [-0.4, -0.2) is 124 Å². The van der Waals surface area contributed by atoms with Gasteiger partial charge in [0.15, 0.2) is 0 Å². The van der Waals surface area contributed by atoms with Crippen molar-refractivity contribution in [1.82, 2.24) is 0 Å². The van der Waals surface area contributed by atoms with Crippen LogP contribution in [0.25, 0.3) is 0 Å². The lowest BCUT2D eigenvalue weighted by Crippen LogP contribution is -2.07. The summed E-state index contributed by atoms with van der Waals surface area (Å²) in [5.74, 6) is 1.98. The molecule has 0 radical (unpaired) electrons. The molecule has 0 spiro atoms. The van der Waals surface area contributed by atoms with Crippen molar-refractivity contribution in [3.63, 3.8) is 0 Å². The smallest absolute Gasteiger partial charge is 0.316 e. The van der Waals surface area contributed by atoms with Crippen LogP contribution in [0.3, 0.4) is 0 Å². The van der Waals surface area contributed by atoms with Crippen molar-refractivity contribution < 1.29 is 48.6 Å². The molecule has 0 amide bonds. The largest absolute Gasteiger partial charge is 0.454 e. The zero-order valence-electron chi connectivity index (χ0n) is 22.2. The predicted octanol–water partition coefficient (Wildman–Crippen LogP) is 5.10.